The van der Waals surface area contributed by atoms with Crippen molar-refractivity contribution in [2.75, 3.05) is 20.1 Å². The second kappa shape index (κ2) is 4.75. The van der Waals surface area contributed by atoms with Crippen LogP contribution in [0.3, 0.4) is 0 Å². The molecule has 1 rings (SSSR count). The molecule has 1 heterocycles. The number of carboxylic acid groups (broad SMARTS) is 1. The number of carboxylic acids is 1. The van der Waals surface area contributed by atoms with Crippen LogP contribution in [0.4, 0.5) is 0 Å². The van der Waals surface area contributed by atoms with Crippen molar-refractivity contribution in [3.8, 4) is 0 Å². The molecule has 1 aliphatic heterocycles. The molecule has 4 heteroatoms. The Morgan fingerprint density at radius 1 is 1.40 bits per heavy atom. The van der Waals surface area contributed by atoms with Crippen molar-refractivity contribution in [1.82, 2.24) is 4.90 Å². The summed E-state index contributed by atoms with van der Waals surface area (Å²) in [6, 6.07) is 0. The average molecular weight is 213 g/mol. The summed E-state index contributed by atoms with van der Waals surface area (Å²) in [5.74, 6) is -2.12. The maximum absolute atomic E-state index is 12.0. The molecule has 0 radical (unpaired) electrons. The van der Waals surface area contributed by atoms with E-state index in [2.05, 4.69) is 4.90 Å². The van der Waals surface area contributed by atoms with Crippen LogP contribution in [0.2, 0.25) is 0 Å². The topological polar surface area (TPSA) is 57.6 Å². The van der Waals surface area contributed by atoms with Crippen LogP contribution < -0.4 is 0 Å². The number of ketones is 1. The van der Waals surface area contributed by atoms with Gasteiger partial charge in [-0.2, -0.15) is 0 Å². The number of carbonyl (C=O) groups excluding carboxylic acids is 1. The Morgan fingerprint density at radius 3 is 2.33 bits per heavy atom. The SMILES string of the molecule is CC(C)C(C(=O)O)C(=O)C1CCN(C)C1. The summed E-state index contributed by atoms with van der Waals surface area (Å²) in [6.45, 7) is 5.17. The van der Waals surface area contributed by atoms with E-state index < -0.39 is 11.9 Å². The molecular formula is C11H19NO3. The summed E-state index contributed by atoms with van der Waals surface area (Å²) in [7, 11) is 1.96. The first-order valence-electron chi connectivity index (χ1n) is 5.38. The lowest BCUT2D eigenvalue weighted by Crippen LogP contribution is -2.34. The van der Waals surface area contributed by atoms with Gasteiger partial charge in [0.05, 0.1) is 0 Å². The Kier molecular flexibility index (Phi) is 3.85. The first kappa shape index (κ1) is 12.2. The van der Waals surface area contributed by atoms with Crippen LogP contribution in [0.15, 0.2) is 0 Å². The van der Waals surface area contributed by atoms with Gasteiger partial charge in [0, 0.05) is 12.5 Å². The number of rotatable bonds is 4. The second-order valence-corrected chi connectivity index (χ2v) is 4.71. The van der Waals surface area contributed by atoms with E-state index in [-0.39, 0.29) is 17.6 Å². The Hall–Kier alpha value is -0.900. The molecule has 86 valence electrons. The van der Waals surface area contributed by atoms with Crippen molar-refractivity contribution in [3.05, 3.63) is 0 Å². The van der Waals surface area contributed by atoms with Gasteiger partial charge in [0.2, 0.25) is 0 Å². The Bertz CT molecular complexity index is 263. The predicted octanol–water partition coefficient (Wildman–Crippen LogP) is 0.864. The summed E-state index contributed by atoms with van der Waals surface area (Å²) < 4.78 is 0. The highest BCUT2D eigenvalue weighted by Crippen LogP contribution is 2.23. The van der Waals surface area contributed by atoms with Crippen LogP contribution in [0.25, 0.3) is 0 Å². The molecule has 1 fully saturated rings. The molecule has 1 N–H and O–H groups in total. The van der Waals surface area contributed by atoms with Crippen molar-refractivity contribution in [3.63, 3.8) is 0 Å². The van der Waals surface area contributed by atoms with Crippen molar-refractivity contribution in [1.29, 1.82) is 0 Å². The van der Waals surface area contributed by atoms with E-state index in [4.69, 9.17) is 5.11 Å². The van der Waals surface area contributed by atoms with Crippen LogP contribution in [-0.2, 0) is 9.59 Å². The second-order valence-electron chi connectivity index (χ2n) is 4.71. The molecule has 0 aromatic carbocycles. The lowest BCUT2D eigenvalue weighted by Gasteiger charge is -2.18. The van der Waals surface area contributed by atoms with Crippen LogP contribution in [0, 0.1) is 17.8 Å². The van der Waals surface area contributed by atoms with Crippen LogP contribution in [0.1, 0.15) is 20.3 Å². The molecule has 0 bridgehead atoms. The Balaban J connectivity index is 2.68. The van der Waals surface area contributed by atoms with E-state index in [1.54, 1.807) is 13.8 Å². The smallest absolute Gasteiger partial charge is 0.314 e. The van der Waals surface area contributed by atoms with Gasteiger partial charge in [-0.25, -0.2) is 0 Å². The summed E-state index contributed by atoms with van der Waals surface area (Å²) >= 11 is 0. The van der Waals surface area contributed by atoms with E-state index in [0.717, 1.165) is 13.0 Å². The van der Waals surface area contributed by atoms with Crippen LogP contribution in [0.5, 0.6) is 0 Å². The minimum atomic E-state index is -0.982. The molecule has 0 aliphatic carbocycles. The molecular weight excluding hydrogens is 194 g/mol. The number of Topliss-reactive ketones (excluding diaryl/α,β-unsaturated/α-hetero) is 1. The zero-order valence-corrected chi connectivity index (χ0v) is 9.56. The molecule has 1 aliphatic rings. The molecule has 2 atom stereocenters. The van der Waals surface area contributed by atoms with Gasteiger partial charge in [0.1, 0.15) is 5.92 Å². The van der Waals surface area contributed by atoms with Gasteiger partial charge in [-0.05, 0) is 25.9 Å². The van der Waals surface area contributed by atoms with E-state index in [9.17, 15) is 9.59 Å². The van der Waals surface area contributed by atoms with Gasteiger partial charge in [-0.3, -0.25) is 9.59 Å². The lowest BCUT2D eigenvalue weighted by atomic mass is 9.84. The van der Waals surface area contributed by atoms with Crippen LogP contribution in [-0.4, -0.2) is 41.9 Å². The Labute approximate surface area is 90.3 Å². The summed E-state index contributed by atoms with van der Waals surface area (Å²) in [4.78, 5) is 25.0. The van der Waals surface area contributed by atoms with Crippen molar-refractivity contribution >= 4 is 11.8 Å². The van der Waals surface area contributed by atoms with Gasteiger partial charge in [0.15, 0.2) is 5.78 Å². The monoisotopic (exact) mass is 213 g/mol. The van der Waals surface area contributed by atoms with Gasteiger partial charge < -0.3 is 10.0 Å². The molecule has 0 amide bonds. The van der Waals surface area contributed by atoms with E-state index in [1.807, 2.05) is 7.05 Å². The van der Waals surface area contributed by atoms with Crippen molar-refractivity contribution < 1.29 is 14.7 Å². The van der Waals surface area contributed by atoms with E-state index in [1.165, 1.54) is 0 Å². The highest BCUT2D eigenvalue weighted by atomic mass is 16.4. The maximum Gasteiger partial charge on any atom is 0.314 e. The van der Waals surface area contributed by atoms with Gasteiger partial charge >= 0.3 is 5.97 Å². The van der Waals surface area contributed by atoms with E-state index >= 15 is 0 Å². The van der Waals surface area contributed by atoms with Crippen molar-refractivity contribution in [2.45, 2.75) is 20.3 Å². The number of aliphatic carboxylic acids is 1. The minimum Gasteiger partial charge on any atom is -0.481 e. The largest absolute Gasteiger partial charge is 0.481 e. The normalized spacial score (nSPS) is 24.4. The molecule has 0 aromatic rings. The third-order valence-corrected chi connectivity index (χ3v) is 3.03. The first-order chi connectivity index (χ1) is 6.93. The molecule has 15 heavy (non-hydrogen) atoms. The predicted molar refractivity (Wildman–Crippen MR) is 56.6 cm³/mol. The Morgan fingerprint density at radius 2 is 2.00 bits per heavy atom. The molecule has 1 saturated heterocycles. The number of nitrogens with zero attached hydrogens (tertiary/aromatic N) is 1. The third-order valence-electron chi connectivity index (χ3n) is 3.03. The summed E-state index contributed by atoms with van der Waals surface area (Å²) in [6.07, 6.45) is 0.797. The highest BCUT2D eigenvalue weighted by molar-refractivity contribution is 5.99. The fourth-order valence-corrected chi connectivity index (χ4v) is 2.16. The maximum atomic E-state index is 12.0. The fraction of sp³-hybridized carbons (Fsp3) is 0.818. The number of likely N-dealkylation sites (tertiary alicyclic amines) is 1. The summed E-state index contributed by atoms with van der Waals surface area (Å²) in [5.41, 5.74) is 0. The zero-order chi connectivity index (χ0) is 11.6. The van der Waals surface area contributed by atoms with Gasteiger partial charge in [-0.15, -0.1) is 0 Å². The lowest BCUT2D eigenvalue weighted by molar-refractivity contribution is -0.149. The van der Waals surface area contributed by atoms with Gasteiger partial charge in [0.25, 0.3) is 0 Å². The minimum absolute atomic E-state index is 0.0847. The number of hydrogen-bond donors (Lipinski definition) is 1. The summed E-state index contributed by atoms with van der Waals surface area (Å²) in [5, 5.41) is 9.01. The molecule has 0 saturated carbocycles. The average Bonchev–Trinajstić information content (AvgIpc) is 2.50. The molecule has 0 spiro atoms. The standard InChI is InChI=1S/C11H19NO3/c1-7(2)9(11(14)15)10(13)8-4-5-12(3)6-8/h7-9H,4-6H2,1-3H3,(H,14,15). The van der Waals surface area contributed by atoms with Crippen LogP contribution >= 0.6 is 0 Å². The molecule has 0 aromatic heterocycles. The molecule has 2 unspecified atom stereocenters. The highest BCUT2D eigenvalue weighted by Gasteiger charge is 2.36. The quantitative estimate of drug-likeness (QED) is 0.704. The van der Waals surface area contributed by atoms with Crippen molar-refractivity contribution in [2.24, 2.45) is 17.8 Å². The third kappa shape index (κ3) is 2.78. The number of carbonyl (C=O) groups is 2. The van der Waals surface area contributed by atoms with E-state index in [0.29, 0.717) is 6.54 Å². The fourth-order valence-electron chi connectivity index (χ4n) is 2.16. The zero-order valence-electron chi connectivity index (χ0n) is 9.56. The molecule has 4 nitrogen and oxygen atoms in total. The number of hydrogen-bond acceptors (Lipinski definition) is 3. The van der Waals surface area contributed by atoms with Gasteiger partial charge in [-0.1, -0.05) is 13.8 Å². The first-order valence-corrected chi connectivity index (χ1v) is 5.38.